The van der Waals surface area contributed by atoms with Gasteiger partial charge in [0.2, 0.25) is 0 Å². The molecule has 9 heteroatoms. The van der Waals surface area contributed by atoms with Crippen LogP contribution in [-0.4, -0.2) is 30.2 Å². The molecule has 0 bridgehead atoms. The number of esters is 1. The summed E-state index contributed by atoms with van der Waals surface area (Å²) < 4.78 is 11.2. The average molecular weight is 404 g/mol. The summed E-state index contributed by atoms with van der Waals surface area (Å²) in [5.41, 5.74) is 8.59. The SMILES string of the molecule is CC(=O)OCC1O[C@H](Sc2cc(Cl)ccc2Cl)C(C)[C@@H](N=[N+]=[N-])[C@H]1C. The molecule has 0 aromatic heterocycles. The highest BCUT2D eigenvalue weighted by molar-refractivity contribution is 7.99. The fraction of sp³-hybridized carbons (Fsp3) is 0.562. The van der Waals surface area contributed by atoms with E-state index in [9.17, 15) is 4.79 Å². The minimum absolute atomic E-state index is 0.0560. The fourth-order valence-corrected chi connectivity index (χ4v) is 4.46. The summed E-state index contributed by atoms with van der Waals surface area (Å²) in [6.07, 6.45) is -0.369. The monoisotopic (exact) mass is 403 g/mol. The Balaban J connectivity index is 2.23. The Labute approximate surface area is 160 Å². The highest BCUT2D eigenvalue weighted by Crippen LogP contribution is 2.42. The van der Waals surface area contributed by atoms with E-state index in [1.807, 2.05) is 13.8 Å². The largest absolute Gasteiger partial charge is 0.463 e. The Bertz CT molecular complexity index is 685. The molecule has 25 heavy (non-hydrogen) atoms. The molecule has 0 radical (unpaired) electrons. The summed E-state index contributed by atoms with van der Waals surface area (Å²) in [7, 11) is 0. The molecule has 2 unspecified atom stereocenters. The van der Waals surface area contributed by atoms with Crippen LogP contribution in [0.25, 0.3) is 10.4 Å². The third-order valence-corrected chi connectivity index (χ3v) is 6.22. The van der Waals surface area contributed by atoms with Crippen molar-refractivity contribution in [3.8, 4) is 0 Å². The van der Waals surface area contributed by atoms with Gasteiger partial charge in [0, 0.05) is 33.7 Å². The maximum Gasteiger partial charge on any atom is 0.302 e. The predicted octanol–water partition coefficient (Wildman–Crippen LogP) is 5.32. The summed E-state index contributed by atoms with van der Waals surface area (Å²) in [4.78, 5) is 14.9. The van der Waals surface area contributed by atoms with E-state index < -0.39 is 0 Å². The van der Waals surface area contributed by atoms with Gasteiger partial charge in [-0.05, 0) is 29.6 Å². The van der Waals surface area contributed by atoms with E-state index in [-0.39, 0.29) is 42.0 Å². The van der Waals surface area contributed by atoms with Gasteiger partial charge < -0.3 is 9.47 Å². The molecule has 2 rings (SSSR count). The number of halogens is 2. The van der Waals surface area contributed by atoms with Crippen LogP contribution in [0.2, 0.25) is 10.0 Å². The molecule has 6 nitrogen and oxygen atoms in total. The number of rotatable bonds is 5. The molecule has 1 heterocycles. The molecule has 0 N–H and O–H groups in total. The highest BCUT2D eigenvalue weighted by atomic mass is 35.5. The van der Waals surface area contributed by atoms with Crippen LogP contribution < -0.4 is 0 Å². The summed E-state index contributed by atoms with van der Waals surface area (Å²) >= 11 is 13.7. The van der Waals surface area contributed by atoms with Crippen molar-refractivity contribution < 1.29 is 14.3 Å². The maximum absolute atomic E-state index is 11.1. The maximum atomic E-state index is 11.1. The van der Waals surface area contributed by atoms with Crippen molar-refractivity contribution in [3.63, 3.8) is 0 Å². The van der Waals surface area contributed by atoms with Gasteiger partial charge in [0.05, 0.1) is 11.1 Å². The second-order valence-electron chi connectivity index (χ2n) is 5.95. The van der Waals surface area contributed by atoms with Crippen molar-refractivity contribution in [1.29, 1.82) is 0 Å². The molecule has 0 amide bonds. The third kappa shape index (κ3) is 5.19. The second kappa shape index (κ2) is 9.01. The van der Waals surface area contributed by atoms with Crippen LogP contribution in [-0.2, 0) is 14.3 Å². The zero-order valence-corrected chi connectivity index (χ0v) is 16.4. The van der Waals surface area contributed by atoms with Crippen LogP contribution >= 0.6 is 35.0 Å². The Morgan fingerprint density at radius 1 is 1.40 bits per heavy atom. The van der Waals surface area contributed by atoms with Crippen molar-refractivity contribution >= 4 is 40.9 Å². The van der Waals surface area contributed by atoms with E-state index in [0.29, 0.717) is 10.0 Å². The van der Waals surface area contributed by atoms with E-state index in [1.165, 1.54) is 18.7 Å². The molecule has 1 aliphatic heterocycles. The normalized spacial score (nSPS) is 28.9. The first-order valence-corrected chi connectivity index (χ1v) is 9.41. The van der Waals surface area contributed by atoms with Crippen LogP contribution in [0.3, 0.4) is 0 Å². The van der Waals surface area contributed by atoms with Crippen molar-refractivity contribution in [2.45, 2.75) is 43.2 Å². The van der Waals surface area contributed by atoms with Gasteiger partial charge in [-0.2, -0.15) is 0 Å². The van der Waals surface area contributed by atoms with Gasteiger partial charge in [-0.1, -0.05) is 53.9 Å². The Hall–Kier alpha value is -1.11. The molecule has 5 atom stereocenters. The van der Waals surface area contributed by atoms with Crippen molar-refractivity contribution in [2.75, 3.05) is 6.61 Å². The van der Waals surface area contributed by atoms with Crippen molar-refractivity contribution in [2.24, 2.45) is 17.0 Å². The second-order valence-corrected chi connectivity index (χ2v) is 7.94. The molecular formula is C16H19Cl2N3O3S. The minimum Gasteiger partial charge on any atom is -0.463 e. The van der Waals surface area contributed by atoms with Crippen molar-refractivity contribution in [3.05, 3.63) is 38.7 Å². The number of benzene rings is 1. The highest BCUT2D eigenvalue weighted by Gasteiger charge is 2.42. The smallest absolute Gasteiger partial charge is 0.302 e. The van der Waals surface area contributed by atoms with Gasteiger partial charge >= 0.3 is 5.97 Å². The van der Waals surface area contributed by atoms with Gasteiger partial charge in [0.25, 0.3) is 0 Å². The van der Waals surface area contributed by atoms with Gasteiger partial charge in [-0.3, -0.25) is 4.79 Å². The number of thioether (sulfide) groups is 1. The number of ether oxygens (including phenoxy) is 2. The first kappa shape index (κ1) is 20.2. The first-order chi connectivity index (χ1) is 11.8. The van der Waals surface area contributed by atoms with E-state index in [0.717, 1.165) is 4.90 Å². The molecule has 0 aliphatic carbocycles. The average Bonchev–Trinajstić information content (AvgIpc) is 2.56. The zero-order valence-electron chi connectivity index (χ0n) is 14.1. The lowest BCUT2D eigenvalue weighted by molar-refractivity contribution is -0.153. The lowest BCUT2D eigenvalue weighted by Crippen LogP contribution is -2.48. The number of carbonyl (C=O) groups is 1. The fourth-order valence-electron chi connectivity index (χ4n) is 2.77. The molecule has 1 aliphatic rings. The number of hydrogen-bond donors (Lipinski definition) is 0. The molecular weight excluding hydrogens is 385 g/mol. The molecule has 1 aromatic carbocycles. The van der Waals surface area contributed by atoms with E-state index in [1.54, 1.807) is 18.2 Å². The standard InChI is InChI=1S/C16H19Cl2N3O3S/c1-8-13(7-23-10(3)22)24-16(9(2)15(8)20-21-19)25-14-6-11(17)4-5-12(14)18/h4-6,8-9,13,15-16H,7H2,1-3H3/t8-,9?,13?,15-,16+/m0/s1. The van der Waals surface area contributed by atoms with Gasteiger partial charge in [-0.25, -0.2) is 0 Å². The Morgan fingerprint density at radius 2 is 2.12 bits per heavy atom. The minimum atomic E-state index is -0.378. The topological polar surface area (TPSA) is 84.3 Å². The van der Waals surface area contributed by atoms with Crippen LogP contribution in [0.4, 0.5) is 0 Å². The van der Waals surface area contributed by atoms with Gasteiger partial charge in [0.15, 0.2) is 0 Å². The van der Waals surface area contributed by atoms with Crippen LogP contribution in [0.1, 0.15) is 20.8 Å². The molecule has 0 spiro atoms. The van der Waals surface area contributed by atoms with E-state index >= 15 is 0 Å². The lowest BCUT2D eigenvalue weighted by Gasteiger charge is -2.42. The van der Waals surface area contributed by atoms with Gasteiger partial charge in [0.1, 0.15) is 12.0 Å². The Morgan fingerprint density at radius 3 is 2.76 bits per heavy atom. The third-order valence-electron chi connectivity index (χ3n) is 4.17. The molecule has 1 fully saturated rings. The summed E-state index contributed by atoms with van der Waals surface area (Å²) in [5, 5.41) is 5.09. The van der Waals surface area contributed by atoms with Crippen molar-refractivity contribution in [1.82, 2.24) is 0 Å². The summed E-state index contributed by atoms with van der Waals surface area (Å²) in [6, 6.07) is 4.93. The summed E-state index contributed by atoms with van der Waals surface area (Å²) in [6.45, 7) is 5.35. The van der Waals surface area contributed by atoms with Crippen LogP contribution in [0.5, 0.6) is 0 Å². The zero-order chi connectivity index (χ0) is 18.6. The van der Waals surface area contributed by atoms with Gasteiger partial charge in [-0.15, -0.1) is 0 Å². The van der Waals surface area contributed by atoms with E-state index in [4.69, 9.17) is 38.2 Å². The molecule has 1 saturated heterocycles. The number of azide groups is 1. The van der Waals surface area contributed by atoms with Crippen LogP contribution in [0.15, 0.2) is 28.2 Å². The number of hydrogen-bond acceptors (Lipinski definition) is 5. The quantitative estimate of drug-likeness (QED) is 0.288. The molecule has 1 aromatic rings. The summed E-state index contributed by atoms with van der Waals surface area (Å²) in [5.74, 6) is -0.520. The number of carbonyl (C=O) groups excluding carboxylic acids is 1. The first-order valence-electron chi connectivity index (χ1n) is 7.78. The number of nitrogens with zero attached hydrogens (tertiary/aromatic N) is 3. The van der Waals surface area contributed by atoms with E-state index in [2.05, 4.69) is 10.0 Å². The Kier molecular flexibility index (Phi) is 7.28. The lowest BCUT2D eigenvalue weighted by atomic mass is 9.85. The predicted molar refractivity (Wildman–Crippen MR) is 98.9 cm³/mol. The van der Waals surface area contributed by atoms with Crippen LogP contribution in [0, 0.1) is 11.8 Å². The molecule has 136 valence electrons. The molecule has 0 saturated carbocycles.